The molecule has 1 atom stereocenters. The third kappa shape index (κ3) is 3.53. The van der Waals surface area contributed by atoms with Crippen molar-refractivity contribution >= 4 is 22.7 Å². The van der Waals surface area contributed by atoms with Crippen LogP contribution in [0.4, 0.5) is 5.69 Å². The second-order valence-electron chi connectivity index (χ2n) is 7.16. The van der Waals surface area contributed by atoms with E-state index in [1.165, 1.54) is 22.8 Å². The molecule has 28 heavy (non-hydrogen) atoms. The van der Waals surface area contributed by atoms with Gasteiger partial charge in [0.15, 0.2) is 5.58 Å². The molecular weight excluding hydrogens is 362 g/mol. The molecule has 0 bridgehead atoms. The Hall–Kier alpha value is -3.42. The highest BCUT2D eigenvalue weighted by Gasteiger charge is 2.33. The number of nitrogens with one attached hydrogen (secondary N) is 1. The zero-order valence-electron chi connectivity index (χ0n) is 15.3. The van der Waals surface area contributed by atoms with Crippen molar-refractivity contribution in [3.8, 4) is 0 Å². The average molecular weight is 381 g/mol. The Bertz CT molecular complexity index is 1110. The van der Waals surface area contributed by atoms with Gasteiger partial charge in [-0.1, -0.05) is 29.8 Å². The number of carbonyl (C=O) groups excluding carboxylic acids is 1. The Morgan fingerprint density at radius 1 is 1.29 bits per heavy atom. The van der Waals surface area contributed by atoms with Gasteiger partial charge in [-0.25, -0.2) is 4.79 Å². The van der Waals surface area contributed by atoms with Crippen molar-refractivity contribution in [3.05, 3.63) is 74.3 Å². The summed E-state index contributed by atoms with van der Waals surface area (Å²) in [5.74, 6) is -0.628. The number of nitro benzene ring substituents is 1. The van der Waals surface area contributed by atoms with Crippen LogP contribution in [-0.4, -0.2) is 15.4 Å². The van der Waals surface area contributed by atoms with Gasteiger partial charge in [0.1, 0.15) is 6.54 Å². The highest BCUT2D eigenvalue weighted by molar-refractivity contribution is 5.81. The molecule has 1 aliphatic carbocycles. The minimum atomic E-state index is -0.719. The minimum absolute atomic E-state index is 0.0873. The van der Waals surface area contributed by atoms with Crippen molar-refractivity contribution < 1.29 is 14.1 Å². The van der Waals surface area contributed by atoms with Crippen molar-refractivity contribution in [2.75, 3.05) is 0 Å². The van der Waals surface area contributed by atoms with Crippen molar-refractivity contribution in [3.63, 3.8) is 0 Å². The van der Waals surface area contributed by atoms with Crippen LogP contribution in [0.3, 0.4) is 0 Å². The van der Waals surface area contributed by atoms with Crippen LogP contribution in [0.5, 0.6) is 0 Å². The molecule has 1 saturated carbocycles. The van der Waals surface area contributed by atoms with Crippen molar-refractivity contribution in [2.45, 2.75) is 32.4 Å². The molecule has 1 fully saturated rings. The lowest BCUT2D eigenvalue weighted by Gasteiger charge is -2.19. The molecule has 8 heteroatoms. The summed E-state index contributed by atoms with van der Waals surface area (Å²) < 4.78 is 6.26. The number of oxazole rings is 1. The van der Waals surface area contributed by atoms with E-state index in [1.54, 1.807) is 0 Å². The highest BCUT2D eigenvalue weighted by Crippen LogP contribution is 2.41. The van der Waals surface area contributed by atoms with Crippen molar-refractivity contribution in [1.82, 2.24) is 9.88 Å². The first-order valence-electron chi connectivity index (χ1n) is 9.06. The van der Waals surface area contributed by atoms with Gasteiger partial charge < -0.3 is 9.73 Å². The summed E-state index contributed by atoms with van der Waals surface area (Å²) in [5.41, 5.74) is 2.45. The van der Waals surface area contributed by atoms with Gasteiger partial charge in [0, 0.05) is 6.07 Å². The fourth-order valence-corrected chi connectivity index (χ4v) is 3.36. The molecule has 2 aromatic carbocycles. The number of hydrogen-bond acceptors (Lipinski definition) is 5. The maximum absolute atomic E-state index is 12.6. The molecule has 0 spiro atoms. The number of aryl methyl sites for hydroxylation is 1. The SMILES string of the molecule is Cc1ccc(C(NC(=O)Cn2c(=O)oc3cc([N+](=O)[O-])ccc32)C2CC2)cc1. The van der Waals surface area contributed by atoms with E-state index in [2.05, 4.69) is 5.32 Å². The first-order chi connectivity index (χ1) is 13.4. The summed E-state index contributed by atoms with van der Waals surface area (Å²) in [6, 6.07) is 11.8. The molecule has 1 aliphatic rings. The quantitative estimate of drug-likeness (QED) is 0.521. The molecule has 1 N–H and O–H groups in total. The Morgan fingerprint density at radius 3 is 2.64 bits per heavy atom. The van der Waals surface area contributed by atoms with Crippen LogP contribution < -0.4 is 11.1 Å². The summed E-state index contributed by atoms with van der Waals surface area (Å²) in [6.45, 7) is 1.80. The van der Waals surface area contributed by atoms with E-state index >= 15 is 0 Å². The molecule has 1 unspecified atom stereocenters. The Balaban J connectivity index is 1.56. The lowest BCUT2D eigenvalue weighted by atomic mass is 10.0. The molecule has 8 nitrogen and oxygen atoms in total. The molecule has 4 rings (SSSR count). The Labute approximate surface area is 159 Å². The third-order valence-corrected chi connectivity index (χ3v) is 5.01. The number of nitrogens with zero attached hydrogens (tertiary/aromatic N) is 2. The van der Waals surface area contributed by atoms with Gasteiger partial charge in [-0.3, -0.25) is 19.5 Å². The van der Waals surface area contributed by atoms with E-state index < -0.39 is 10.7 Å². The van der Waals surface area contributed by atoms with Crippen molar-refractivity contribution in [2.24, 2.45) is 5.92 Å². The maximum Gasteiger partial charge on any atom is 0.420 e. The predicted octanol–water partition coefficient (Wildman–Crippen LogP) is 3.08. The third-order valence-electron chi connectivity index (χ3n) is 5.01. The van der Waals surface area contributed by atoms with Gasteiger partial charge in [0.2, 0.25) is 5.91 Å². The standard InChI is InChI=1S/C20H19N3O5/c1-12-2-4-13(5-3-12)19(14-6-7-14)21-18(24)11-22-16-9-8-15(23(26)27)10-17(16)28-20(22)25/h2-5,8-10,14,19H,6-7,11H2,1H3,(H,21,24). The number of carbonyl (C=O) groups is 1. The fourth-order valence-electron chi connectivity index (χ4n) is 3.36. The summed E-state index contributed by atoms with van der Waals surface area (Å²) in [5, 5.41) is 13.9. The topological polar surface area (TPSA) is 107 Å². The normalized spacial score (nSPS) is 14.8. The summed E-state index contributed by atoms with van der Waals surface area (Å²) in [6.07, 6.45) is 2.11. The summed E-state index contributed by atoms with van der Waals surface area (Å²) >= 11 is 0. The number of non-ortho nitro benzene ring substituents is 1. The Morgan fingerprint density at radius 2 is 2.00 bits per heavy atom. The smallest absolute Gasteiger partial charge is 0.407 e. The van der Waals surface area contributed by atoms with Gasteiger partial charge in [0.25, 0.3) is 5.69 Å². The molecule has 3 aromatic rings. The average Bonchev–Trinajstić information content (AvgIpc) is 3.45. The first kappa shape index (κ1) is 18.0. The van der Waals surface area contributed by atoms with E-state index in [9.17, 15) is 19.7 Å². The number of benzene rings is 2. The molecule has 0 radical (unpaired) electrons. The number of amides is 1. The predicted molar refractivity (Wildman–Crippen MR) is 102 cm³/mol. The number of fused-ring (bicyclic) bond motifs is 1. The van der Waals surface area contributed by atoms with E-state index in [1.807, 2.05) is 31.2 Å². The van der Waals surface area contributed by atoms with Crippen molar-refractivity contribution in [1.29, 1.82) is 0 Å². The van der Waals surface area contributed by atoms with E-state index in [0.29, 0.717) is 11.4 Å². The maximum atomic E-state index is 12.6. The second-order valence-corrected chi connectivity index (χ2v) is 7.16. The van der Waals surface area contributed by atoms with E-state index in [-0.39, 0.29) is 29.8 Å². The first-order valence-corrected chi connectivity index (χ1v) is 9.06. The van der Waals surface area contributed by atoms with E-state index in [0.717, 1.165) is 24.0 Å². The molecule has 144 valence electrons. The number of aromatic nitrogens is 1. The molecule has 0 saturated heterocycles. The van der Waals surface area contributed by atoms with Crippen LogP contribution in [0.2, 0.25) is 0 Å². The largest absolute Gasteiger partial charge is 0.420 e. The molecule has 0 aliphatic heterocycles. The molecular formula is C20H19N3O5. The van der Waals surface area contributed by atoms with Crippen LogP contribution in [0.15, 0.2) is 51.7 Å². The fraction of sp³-hybridized carbons (Fsp3) is 0.300. The number of rotatable bonds is 6. The molecule has 1 amide bonds. The van der Waals surface area contributed by atoms with Gasteiger partial charge in [-0.15, -0.1) is 0 Å². The number of hydrogen-bond donors (Lipinski definition) is 1. The number of nitro groups is 1. The van der Waals surface area contributed by atoms with Crippen LogP contribution in [0, 0.1) is 23.0 Å². The van der Waals surface area contributed by atoms with Gasteiger partial charge >= 0.3 is 5.76 Å². The molecule has 1 heterocycles. The minimum Gasteiger partial charge on any atom is -0.407 e. The Kier molecular flexibility index (Phi) is 4.46. The second kappa shape index (κ2) is 6.95. The van der Waals surface area contributed by atoms with E-state index in [4.69, 9.17) is 4.42 Å². The summed E-state index contributed by atoms with van der Waals surface area (Å²) in [4.78, 5) is 35.1. The van der Waals surface area contributed by atoms with Gasteiger partial charge in [-0.05, 0) is 37.3 Å². The van der Waals surface area contributed by atoms with Crippen LogP contribution in [0.25, 0.3) is 11.1 Å². The molecule has 1 aromatic heterocycles. The zero-order valence-corrected chi connectivity index (χ0v) is 15.3. The van der Waals surface area contributed by atoms with Gasteiger partial charge in [0.05, 0.1) is 22.5 Å². The lowest BCUT2D eigenvalue weighted by Crippen LogP contribution is -2.34. The highest BCUT2D eigenvalue weighted by atomic mass is 16.6. The van der Waals surface area contributed by atoms with Crippen LogP contribution in [0.1, 0.15) is 30.0 Å². The zero-order chi connectivity index (χ0) is 19.8. The van der Waals surface area contributed by atoms with Crippen LogP contribution >= 0.6 is 0 Å². The lowest BCUT2D eigenvalue weighted by molar-refractivity contribution is -0.384. The summed E-state index contributed by atoms with van der Waals surface area (Å²) in [7, 11) is 0. The van der Waals surface area contributed by atoms with Gasteiger partial charge in [-0.2, -0.15) is 0 Å². The van der Waals surface area contributed by atoms with Crippen LogP contribution in [-0.2, 0) is 11.3 Å². The monoisotopic (exact) mass is 381 g/mol.